The van der Waals surface area contributed by atoms with Gasteiger partial charge in [0.2, 0.25) is 11.8 Å². The fourth-order valence-electron chi connectivity index (χ4n) is 3.66. The molecule has 1 saturated heterocycles. The lowest BCUT2D eigenvalue weighted by Gasteiger charge is -2.28. The van der Waals surface area contributed by atoms with Gasteiger partial charge < -0.3 is 26.1 Å². The molecule has 10 nitrogen and oxygen atoms in total. The van der Waals surface area contributed by atoms with E-state index in [1.54, 1.807) is 36.7 Å². The van der Waals surface area contributed by atoms with E-state index >= 15 is 0 Å². The first-order valence-corrected chi connectivity index (χ1v) is 10.1. The number of nitrogens with one attached hydrogen (secondary N) is 2. The highest BCUT2D eigenvalue weighted by Crippen LogP contribution is 2.21. The summed E-state index contributed by atoms with van der Waals surface area (Å²) >= 11 is 0. The van der Waals surface area contributed by atoms with E-state index in [2.05, 4.69) is 15.3 Å². The Kier molecular flexibility index (Phi) is 7.24. The van der Waals surface area contributed by atoms with Crippen molar-refractivity contribution in [2.24, 2.45) is 11.7 Å². The van der Waals surface area contributed by atoms with Gasteiger partial charge in [-0.2, -0.15) is 0 Å². The largest absolute Gasteiger partial charge is 0.486 e. The lowest BCUT2D eigenvalue weighted by Crippen LogP contribution is -2.49. The van der Waals surface area contributed by atoms with Gasteiger partial charge in [-0.1, -0.05) is 6.08 Å². The number of carbonyl (C=O) groups is 3. The maximum Gasteiger partial charge on any atom is 0.240 e. The number of amides is 2. The molecule has 1 aliphatic carbocycles. The number of hydrogen-bond donors (Lipinski definition) is 3. The monoisotopic (exact) mass is 426 g/mol. The minimum atomic E-state index is -0.604. The van der Waals surface area contributed by atoms with Crippen LogP contribution in [0.5, 0.6) is 0 Å². The first-order chi connectivity index (χ1) is 14.9. The van der Waals surface area contributed by atoms with Crippen LogP contribution in [-0.2, 0) is 25.7 Å². The number of hydrogen-bond acceptors (Lipinski definition) is 8. The third-order valence-electron chi connectivity index (χ3n) is 5.29. The molecule has 1 aliphatic heterocycles. The molecule has 2 amide bonds. The van der Waals surface area contributed by atoms with Crippen molar-refractivity contribution in [3.8, 4) is 0 Å². The fraction of sp³-hybridized carbons (Fsp3) is 0.429. The number of ether oxygens (including phenoxy) is 1. The summed E-state index contributed by atoms with van der Waals surface area (Å²) in [6, 6.07) is 0.677. The molecule has 0 radical (unpaired) electrons. The number of aromatic nitrogens is 2. The average molecular weight is 426 g/mol. The number of likely N-dealkylation sites (tertiary alicyclic amines) is 1. The van der Waals surface area contributed by atoms with E-state index in [4.69, 9.17) is 15.9 Å². The summed E-state index contributed by atoms with van der Waals surface area (Å²) in [5, 5.41) is 11.3. The molecule has 0 bridgehead atoms. The van der Waals surface area contributed by atoms with Crippen LogP contribution in [0.3, 0.4) is 0 Å². The topological polar surface area (TPSA) is 151 Å². The van der Waals surface area contributed by atoms with E-state index in [-0.39, 0.29) is 30.6 Å². The van der Waals surface area contributed by atoms with Gasteiger partial charge in [-0.05, 0) is 31.1 Å². The summed E-state index contributed by atoms with van der Waals surface area (Å²) < 4.78 is 5.71. The van der Waals surface area contributed by atoms with Crippen molar-refractivity contribution >= 4 is 23.3 Å². The molecule has 0 saturated carbocycles. The highest BCUT2D eigenvalue weighted by atomic mass is 16.5. The lowest BCUT2D eigenvalue weighted by molar-refractivity contribution is -0.136. The second kappa shape index (κ2) is 10.1. The van der Waals surface area contributed by atoms with Crippen LogP contribution in [0.25, 0.3) is 0 Å². The van der Waals surface area contributed by atoms with E-state index in [0.717, 1.165) is 6.42 Å². The number of primary amides is 1. The highest BCUT2D eigenvalue weighted by Gasteiger charge is 2.33. The van der Waals surface area contributed by atoms with Crippen molar-refractivity contribution in [2.45, 2.75) is 38.5 Å². The van der Waals surface area contributed by atoms with Crippen LogP contribution in [0, 0.1) is 11.3 Å². The maximum absolute atomic E-state index is 12.6. The SMILES string of the molecule is CC(=O)C(=N)C1C=C(OCc2ncccn2)C=CC1NCC(=O)N1CCC[C@H]1C(N)=O. The van der Waals surface area contributed by atoms with Crippen molar-refractivity contribution in [1.29, 1.82) is 5.41 Å². The van der Waals surface area contributed by atoms with Crippen molar-refractivity contribution < 1.29 is 19.1 Å². The molecule has 4 N–H and O–H groups in total. The predicted octanol–water partition coefficient (Wildman–Crippen LogP) is 0.106. The number of ketones is 1. The minimum absolute atomic E-state index is 0.0393. The Bertz CT molecular complexity index is 914. The van der Waals surface area contributed by atoms with E-state index in [9.17, 15) is 14.4 Å². The molecule has 31 heavy (non-hydrogen) atoms. The van der Waals surface area contributed by atoms with Crippen LogP contribution in [0.2, 0.25) is 0 Å². The zero-order valence-corrected chi connectivity index (χ0v) is 17.3. The standard InChI is InChI=1S/C21H26N6O4/c1-13(28)20(22)15-10-14(31-12-18-24-7-3-8-25-18)5-6-16(15)26-11-19(29)27-9-2-4-17(27)21(23)30/h3,5-8,10,15-17,22,26H,2,4,9,11-12H2,1H3,(H2,23,30)/t15?,16?,17-/m0/s1. The second-order valence-electron chi connectivity index (χ2n) is 7.43. The number of nitrogens with two attached hydrogens (primary N) is 1. The Morgan fingerprint density at radius 3 is 2.74 bits per heavy atom. The van der Waals surface area contributed by atoms with Crippen molar-refractivity contribution in [2.75, 3.05) is 13.1 Å². The van der Waals surface area contributed by atoms with Gasteiger partial charge in [0.25, 0.3) is 0 Å². The van der Waals surface area contributed by atoms with Gasteiger partial charge in [-0.25, -0.2) is 9.97 Å². The number of allylic oxidation sites excluding steroid dienone is 1. The zero-order chi connectivity index (χ0) is 22.4. The summed E-state index contributed by atoms with van der Waals surface area (Å²) in [7, 11) is 0. The van der Waals surface area contributed by atoms with E-state index in [1.165, 1.54) is 11.8 Å². The van der Waals surface area contributed by atoms with Gasteiger partial charge in [0.1, 0.15) is 18.4 Å². The first-order valence-electron chi connectivity index (χ1n) is 10.1. The number of Topliss-reactive ketones (excluding diaryl/α,β-unsaturated/α-hetero) is 1. The third-order valence-corrected chi connectivity index (χ3v) is 5.29. The number of nitrogens with zero attached hydrogens (tertiary/aromatic N) is 3. The minimum Gasteiger partial charge on any atom is -0.486 e. The summed E-state index contributed by atoms with van der Waals surface area (Å²) in [5.41, 5.74) is 5.29. The van der Waals surface area contributed by atoms with Crippen molar-refractivity contribution in [1.82, 2.24) is 20.2 Å². The van der Waals surface area contributed by atoms with Gasteiger partial charge in [0.15, 0.2) is 11.6 Å². The van der Waals surface area contributed by atoms with Crippen LogP contribution in [0.1, 0.15) is 25.6 Å². The second-order valence-corrected chi connectivity index (χ2v) is 7.43. The number of rotatable bonds is 9. The van der Waals surface area contributed by atoms with Crippen LogP contribution in [-0.4, -0.2) is 63.4 Å². The molecule has 1 aromatic rings. The molecule has 1 aromatic heterocycles. The Balaban J connectivity index is 1.64. The van der Waals surface area contributed by atoms with Crippen LogP contribution < -0.4 is 11.1 Å². The van der Waals surface area contributed by atoms with Crippen LogP contribution in [0.4, 0.5) is 0 Å². The van der Waals surface area contributed by atoms with E-state index in [1.807, 2.05) is 0 Å². The molecule has 3 rings (SSSR count). The molecule has 1 fully saturated rings. The highest BCUT2D eigenvalue weighted by molar-refractivity contribution is 6.39. The molecule has 2 heterocycles. The van der Waals surface area contributed by atoms with E-state index < -0.39 is 23.9 Å². The van der Waals surface area contributed by atoms with Crippen molar-refractivity contribution in [3.63, 3.8) is 0 Å². The Morgan fingerprint density at radius 2 is 2.06 bits per heavy atom. The van der Waals surface area contributed by atoms with Gasteiger partial charge in [0.05, 0.1) is 12.3 Å². The fourth-order valence-corrected chi connectivity index (χ4v) is 3.66. The first kappa shape index (κ1) is 22.3. The predicted molar refractivity (Wildman–Crippen MR) is 112 cm³/mol. The molecule has 10 heteroatoms. The van der Waals surface area contributed by atoms with Gasteiger partial charge in [0, 0.05) is 37.8 Å². The Hall–Kier alpha value is -3.40. The molecule has 3 atom stereocenters. The van der Waals surface area contributed by atoms with Gasteiger partial charge in [-0.3, -0.25) is 14.4 Å². The quantitative estimate of drug-likeness (QED) is 0.474. The zero-order valence-electron chi connectivity index (χ0n) is 17.3. The molecule has 0 aromatic carbocycles. The molecule has 0 spiro atoms. The Labute approximate surface area is 180 Å². The van der Waals surface area contributed by atoms with Gasteiger partial charge in [-0.15, -0.1) is 0 Å². The molecule has 2 aliphatic rings. The van der Waals surface area contributed by atoms with Gasteiger partial charge >= 0.3 is 0 Å². The van der Waals surface area contributed by atoms with Crippen LogP contribution in [0.15, 0.2) is 42.4 Å². The normalized spacial score (nSPS) is 22.7. The summed E-state index contributed by atoms with van der Waals surface area (Å²) in [5.74, 6) is -0.722. The Morgan fingerprint density at radius 1 is 1.32 bits per heavy atom. The molecule has 164 valence electrons. The summed E-state index contributed by atoms with van der Waals surface area (Å²) in [4.78, 5) is 45.7. The summed E-state index contributed by atoms with van der Waals surface area (Å²) in [6.45, 7) is 1.93. The van der Waals surface area contributed by atoms with Crippen molar-refractivity contribution in [3.05, 3.63) is 48.3 Å². The summed E-state index contributed by atoms with van der Waals surface area (Å²) in [6.07, 6.45) is 9.68. The van der Waals surface area contributed by atoms with E-state index in [0.29, 0.717) is 24.5 Å². The number of carbonyl (C=O) groups excluding carboxylic acids is 3. The molecule has 2 unspecified atom stereocenters. The maximum atomic E-state index is 12.6. The smallest absolute Gasteiger partial charge is 0.240 e. The molecular formula is C21H26N6O4. The third kappa shape index (κ3) is 5.60. The average Bonchev–Trinajstić information content (AvgIpc) is 3.27. The molecular weight excluding hydrogens is 400 g/mol. The lowest BCUT2D eigenvalue weighted by atomic mass is 9.88. The van der Waals surface area contributed by atoms with Crippen LogP contribution >= 0.6 is 0 Å².